The van der Waals surface area contributed by atoms with Crippen molar-refractivity contribution in [2.75, 3.05) is 5.75 Å². The second-order valence-corrected chi connectivity index (χ2v) is 10.3. The molecule has 1 amide bonds. The average molecular weight is 420 g/mol. The summed E-state index contributed by atoms with van der Waals surface area (Å²) in [6.45, 7) is 1.96. The number of nitrogens with zero attached hydrogens (tertiary/aromatic N) is 3. The largest absolute Gasteiger partial charge is 0.458 e. The van der Waals surface area contributed by atoms with Crippen molar-refractivity contribution in [3.05, 3.63) is 32.7 Å². The van der Waals surface area contributed by atoms with E-state index in [0.29, 0.717) is 22.8 Å². The maximum absolute atomic E-state index is 12.6. The van der Waals surface area contributed by atoms with Crippen molar-refractivity contribution in [1.29, 1.82) is 0 Å². The molecule has 0 unspecified atom stereocenters. The molecule has 0 spiro atoms. The Morgan fingerprint density at radius 1 is 1.32 bits per heavy atom. The minimum Gasteiger partial charge on any atom is -0.458 e. The lowest BCUT2D eigenvalue weighted by molar-refractivity contribution is -0.154. The Morgan fingerprint density at radius 2 is 2.14 bits per heavy atom. The van der Waals surface area contributed by atoms with Gasteiger partial charge in [0.2, 0.25) is 5.91 Å². The molecular weight excluding hydrogens is 398 g/mol. The molecule has 2 aromatic rings. The summed E-state index contributed by atoms with van der Waals surface area (Å²) in [5, 5.41) is 0. The van der Waals surface area contributed by atoms with E-state index in [4.69, 9.17) is 4.74 Å². The standard InChI is InChI=1S/C19H21N3O4S2/c1-19-7-6-15(23)22(19)13(10-27-19)17(25)26-9-11-8-16(24)21-12-4-2-3-5-14(12)28-18(21)20-11/h8,13H,2-7,9-10H2,1H3/t13-,19+/m1/s1. The fourth-order valence-corrected chi connectivity index (χ4v) is 7.10. The number of aryl methyl sites for hydroxylation is 2. The number of carbonyl (C=O) groups excluding carboxylic acids is 2. The highest BCUT2D eigenvalue weighted by Crippen LogP contribution is 2.47. The van der Waals surface area contributed by atoms with E-state index in [0.717, 1.165) is 37.8 Å². The van der Waals surface area contributed by atoms with Gasteiger partial charge < -0.3 is 9.64 Å². The number of amides is 1. The van der Waals surface area contributed by atoms with Gasteiger partial charge in [-0.15, -0.1) is 23.1 Å². The lowest BCUT2D eigenvalue weighted by Crippen LogP contribution is -2.46. The van der Waals surface area contributed by atoms with Gasteiger partial charge in [0.25, 0.3) is 5.56 Å². The van der Waals surface area contributed by atoms with Crippen LogP contribution in [0, 0.1) is 0 Å². The smallest absolute Gasteiger partial charge is 0.330 e. The fraction of sp³-hybridized carbons (Fsp3) is 0.579. The number of thiazole rings is 1. The molecule has 0 radical (unpaired) electrons. The molecule has 2 fully saturated rings. The molecule has 2 aliphatic heterocycles. The van der Waals surface area contributed by atoms with Gasteiger partial charge in [-0.1, -0.05) is 0 Å². The van der Waals surface area contributed by atoms with Gasteiger partial charge in [0.1, 0.15) is 12.6 Å². The van der Waals surface area contributed by atoms with Crippen molar-refractivity contribution >= 4 is 39.9 Å². The van der Waals surface area contributed by atoms with Crippen LogP contribution in [0.4, 0.5) is 0 Å². The van der Waals surface area contributed by atoms with E-state index in [2.05, 4.69) is 4.98 Å². The maximum Gasteiger partial charge on any atom is 0.330 e. The Kier molecular flexibility index (Phi) is 4.28. The van der Waals surface area contributed by atoms with E-state index in [1.54, 1.807) is 32.4 Å². The van der Waals surface area contributed by atoms with Crippen LogP contribution in [-0.2, 0) is 33.8 Å². The first-order valence-electron chi connectivity index (χ1n) is 9.62. The molecule has 0 aromatic carbocycles. The van der Waals surface area contributed by atoms with Crippen molar-refractivity contribution in [3.63, 3.8) is 0 Å². The van der Waals surface area contributed by atoms with E-state index >= 15 is 0 Å². The van der Waals surface area contributed by atoms with Gasteiger partial charge in [0, 0.05) is 28.8 Å². The third-order valence-electron chi connectivity index (χ3n) is 5.89. The summed E-state index contributed by atoms with van der Waals surface area (Å²) in [5.41, 5.74) is 1.43. The first-order chi connectivity index (χ1) is 13.5. The van der Waals surface area contributed by atoms with E-state index in [1.165, 1.54) is 10.9 Å². The Hall–Kier alpha value is -1.87. The highest BCUT2D eigenvalue weighted by Gasteiger charge is 2.53. The number of carbonyl (C=O) groups is 2. The van der Waals surface area contributed by atoms with Crippen LogP contribution in [0.15, 0.2) is 10.9 Å². The normalized spacial score (nSPS) is 26.5. The molecule has 5 rings (SSSR count). The van der Waals surface area contributed by atoms with Gasteiger partial charge in [0.05, 0.1) is 10.6 Å². The minimum atomic E-state index is -0.552. The number of ether oxygens (including phenoxy) is 1. The molecule has 0 N–H and O–H groups in total. The van der Waals surface area contributed by atoms with Crippen molar-refractivity contribution in [2.24, 2.45) is 0 Å². The molecular formula is C19H21N3O4S2. The summed E-state index contributed by atoms with van der Waals surface area (Å²) in [4.78, 5) is 45.2. The van der Waals surface area contributed by atoms with Crippen LogP contribution in [0.2, 0.25) is 0 Å². The number of esters is 1. The maximum atomic E-state index is 12.6. The Labute approximate surface area is 170 Å². The van der Waals surface area contributed by atoms with Crippen LogP contribution in [-0.4, -0.2) is 42.8 Å². The topological polar surface area (TPSA) is 81.0 Å². The average Bonchev–Trinajstić information content (AvgIpc) is 3.30. The molecule has 3 aliphatic rings. The fourth-order valence-electron chi connectivity index (χ4n) is 4.45. The number of rotatable bonds is 3. The lowest BCUT2D eigenvalue weighted by atomic mass is 10.0. The van der Waals surface area contributed by atoms with Crippen LogP contribution in [0.5, 0.6) is 0 Å². The first kappa shape index (κ1) is 18.2. The Morgan fingerprint density at radius 3 is 3.00 bits per heavy atom. The monoisotopic (exact) mass is 419 g/mol. The molecule has 1 aliphatic carbocycles. The summed E-state index contributed by atoms with van der Waals surface area (Å²) in [6.07, 6.45) is 5.39. The second kappa shape index (κ2) is 6.59. The van der Waals surface area contributed by atoms with Gasteiger partial charge in [-0.05, 0) is 39.0 Å². The quantitative estimate of drug-likeness (QED) is 0.709. The molecule has 2 atom stereocenters. The zero-order valence-electron chi connectivity index (χ0n) is 15.6. The summed E-state index contributed by atoms with van der Waals surface area (Å²) in [5.74, 6) is 0.142. The molecule has 2 saturated heterocycles. The van der Waals surface area contributed by atoms with E-state index in [1.807, 2.05) is 6.92 Å². The molecule has 2 aromatic heterocycles. The van der Waals surface area contributed by atoms with Crippen LogP contribution in [0.1, 0.15) is 48.9 Å². The Balaban J connectivity index is 1.34. The van der Waals surface area contributed by atoms with Crippen LogP contribution in [0.3, 0.4) is 0 Å². The van der Waals surface area contributed by atoms with E-state index in [9.17, 15) is 14.4 Å². The number of fused-ring (bicyclic) bond motifs is 4. The molecule has 0 bridgehead atoms. The molecule has 148 valence electrons. The van der Waals surface area contributed by atoms with Crippen molar-refractivity contribution in [1.82, 2.24) is 14.3 Å². The van der Waals surface area contributed by atoms with Crippen molar-refractivity contribution in [3.8, 4) is 0 Å². The predicted molar refractivity (Wildman–Crippen MR) is 107 cm³/mol. The number of hydrogen-bond donors (Lipinski definition) is 0. The van der Waals surface area contributed by atoms with Gasteiger partial charge >= 0.3 is 5.97 Å². The van der Waals surface area contributed by atoms with Gasteiger partial charge in [-0.25, -0.2) is 9.78 Å². The zero-order chi connectivity index (χ0) is 19.5. The number of aromatic nitrogens is 2. The highest BCUT2D eigenvalue weighted by molar-refractivity contribution is 8.01. The first-order valence-corrected chi connectivity index (χ1v) is 11.4. The third-order valence-corrected chi connectivity index (χ3v) is 8.54. The summed E-state index contributed by atoms with van der Waals surface area (Å²) in [6, 6.07) is 0.903. The van der Waals surface area contributed by atoms with E-state index < -0.39 is 12.0 Å². The SMILES string of the molecule is C[C@]12CCC(=O)N1[C@@H](C(=O)OCc1cc(=O)n3c4c(sc3n1)CCCC4)CS2. The van der Waals surface area contributed by atoms with Gasteiger partial charge in [-0.3, -0.25) is 14.0 Å². The minimum absolute atomic E-state index is 0.0106. The number of thioether (sulfide) groups is 1. The molecule has 9 heteroatoms. The van der Waals surface area contributed by atoms with Crippen molar-refractivity contribution in [2.45, 2.75) is 63.0 Å². The van der Waals surface area contributed by atoms with Crippen LogP contribution < -0.4 is 5.56 Å². The number of hydrogen-bond acceptors (Lipinski definition) is 7. The van der Waals surface area contributed by atoms with Crippen LogP contribution in [0.25, 0.3) is 4.96 Å². The van der Waals surface area contributed by atoms with E-state index in [-0.39, 0.29) is 22.9 Å². The predicted octanol–water partition coefficient (Wildman–Crippen LogP) is 2.13. The van der Waals surface area contributed by atoms with Crippen molar-refractivity contribution < 1.29 is 14.3 Å². The zero-order valence-corrected chi connectivity index (χ0v) is 17.2. The van der Waals surface area contributed by atoms with Gasteiger partial charge in [-0.2, -0.15) is 0 Å². The second-order valence-electron chi connectivity index (χ2n) is 7.76. The molecule has 4 heterocycles. The third kappa shape index (κ3) is 2.78. The summed E-state index contributed by atoms with van der Waals surface area (Å²) < 4.78 is 7.17. The molecule has 7 nitrogen and oxygen atoms in total. The highest BCUT2D eigenvalue weighted by atomic mass is 32.2. The summed E-state index contributed by atoms with van der Waals surface area (Å²) in [7, 11) is 0. The lowest BCUT2D eigenvalue weighted by Gasteiger charge is -2.29. The van der Waals surface area contributed by atoms with Crippen LogP contribution >= 0.6 is 23.1 Å². The molecule has 0 saturated carbocycles. The Bertz CT molecular complexity index is 1050. The van der Waals surface area contributed by atoms with Gasteiger partial charge in [0.15, 0.2) is 4.96 Å². The molecule has 28 heavy (non-hydrogen) atoms. The summed E-state index contributed by atoms with van der Waals surface area (Å²) >= 11 is 3.19.